The number of anilines is 2. The highest BCUT2D eigenvalue weighted by Gasteiger charge is 2.28. The Balaban J connectivity index is 1.58. The molecule has 0 bridgehead atoms. The summed E-state index contributed by atoms with van der Waals surface area (Å²) in [4.78, 5) is 24.5. The van der Waals surface area contributed by atoms with Crippen molar-refractivity contribution in [3.8, 4) is 22.8 Å². The van der Waals surface area contributed by atoms with E-state index >= 15 is 0 Å². The number of halogens is 2. The number of pyridine rings is 2. The number of ether oxygens (including phenoxy) is 2. The third-order valence-corrected chi connectivity index (χ3v) is 5.91. The maximum atomic E-state index is 13.2. The summed E-state index contributed by atoms with van der Waals surface area (Å²) in [6.07, 6.45) is 5.01. The maximum Gasteiger partial charge on any atom is 0.255 e. The summed E-state index contributed by atoms with van der Waals surface area (Å²) in [7, 11) is 1.53. The Kier molecular flexibility index (Phi) is 6.24. The monoisotopic (exact) mass is 493 g/mol. The number of H-pyrrole nitrogens is 1. The van der Waals surface area contributed by atoms with Gasteiger partial charge in [0.25, 0.3) is 5.91 Å². The van der Waals surface area contributed by atoms with E-state index in [-0.39, 0.29) is 12.5 Å². The first-order chi connectivity index (χ1) is 17.0. The third-order valence-electron chi connectivity index (χ3n) is 5.61. The largest absolute Gasteiger partial charge is 0.493 e. The average Bonchev–Trinajstić information content (AvgIpc) is 3.23. The smallest absolute Gasteiger partial charge is 0.255 e. The number of hydrogen-bond acceptors (Lipinski definition) is 6. The van der Waals surface area contributed by atoms with Gasteiger partial charge in [-0.15, -0.1) is 0 Å². The summed E-state index contributed by atoms with van der Waals surface area (Å²) < 4.78 is 24.7. The lowest BCUT2D eigenvalue weighted by Gasteiger charge is -2.17. The molecule has 1 aliphatic heterocycles. The molecule has 5 rings (SSSR count). The van der Waals surface area contributed by atoms with Gasteiger partial charge in [-0.3, -0.25) is 14.8 Å². The second-order valence-corrected chi connectivity index (χ2v) is 8.22. The molecule has 10 heteroatoms. The molecule has 1 aromatic carbocycles. The highest BCUT2D eigenvalue weighted by atomic mass is 35.5. The zero-order valence-corrected chi connectivity index (χ0v) is 19.4. The number of aromatic nitrogens is 3. The second-order valence-electron chi connectivity index (χ2n) is 7.81. The summed E-state index contributed by atoms with van der Waals surface area (Å²) in [5.74, 6) is 0.320. The van der Waals surface area contributed by atoms with Gasteiger partial charge in [0.1, 0.15) is 18.2 Å². The highest BCUT2D eigenvalue weighted by Crippen LogP contribution is 2.42. The van der Waals surface area contributed by atoms with E-state index in [1.165, 1.54) is 13.2 Å². The molecule has 0 radical (unpaired) electrons. The molecule has 1 aliphatic rings. The molecule has 0 unspecified atom stereocenters. The van der Waals surface area contributed by atoms with Gasteiger partial charge in [0.05, 0.1) is 52.9 Å². The molecule has 0 fully saturated rings. The fourth-order valence-corrected chi connectivity index (χ4v) is 4.25. The van der Waals surface area contributed by atoms with Crippen molar-refractivity contribution in [1.29, 1.82) is 0 Å². The van der Waals surface area contributed by atoms with Gasteiger partial charge in [-0.1, -0.05) is 17.7 Å². The fraction of sp³-hybridized carbons (Fsp3) is 0.160. The van der Waals surface area contributed by atoms with Crippen LogP contribution in [0.4, 0.5) is 15.8 Å². The summed E-state index contributed by atoms with van der Waals surface area (Å²) >= 11 is 6.32. The number of hydrogen-bond donors (Lipinski definition) is 3. The lowest BCUT2D eigenvalue weighted by Crippen LogP contribution is -2.31. The van der Waals surface area contributed by atoms with Crippen LogP contribution in [0.15, 0.2) is 55.0 Å². The highest BCUT2D eigenvalue weighted by molar-refractivity contribution is 6.32. The zero-order valence-electron chi connectivity index (χ0n) is 18.7. The van der Waals surface area contributed by atoms with Crippen LogP contribution < -0.4 is 20.1 Å². The fourth-order valence-electron chi connectivity index (χ4n) is 4.00. The van der Waals surface area contributed by atoms with E-state index in [0.717, 1.165) is 11.9 Å². The summed E-state index contributed by atoms with van der Waals surface area (Å²) in [5.41, 5.74) is 4.38. The van der Waals surface area contributed by atoms with E-state index in [9.17, 15) is 9.18 Å². The van der Waals surface area contributed by atoms with Gasteiger partial charge in [0, 0.05) is 30.4 Å². The number of nitrogens with one attached hydrogen (secondary N) is 3. The summed E-state index contributed by atoms with van der Waals surface area (Å²) in [6.45, 7) is 0.645. The van der Waals surface area contributed by atoms with E-state index < -0.39 is 5.82 Å². The first-order valence-corrected chi connectivity index (χ1v) is 11.2. The number of methoxy groups -OCH3 is 1. The van der Waals surface area contributed by atoms with Crippen LogP contribution >= 0.6 is 11.6 Å². The molecule has 178 valence electrons. The van der Waals surface area contributed by atoms with Gasteiger partial charge < -0.3 is 25.1 Å². The van der Waals surface area contributed by atoms with Crippen molar-refractivity contribution in [2.24, 2.45) is 0 Å². The molecule has 3 aromatic heterocycles. The Morgan fingerprint density at radius 2 is 2.09 bits per heavy atom. The van der Waals surface area contributed by atoms with Gasteiger partial charge in [-0.2, -0.15) is 0 Å². The number of carbonyl (C=O) groups excluding carboxylic acids is 1. The van der Waals surface area contributed by atoms with Crippen LogP contribution in [0.3, 0.4) is 0 Å². The molecule has 1 amide bonds. The Labute approximate surface area is 205 Å². The molecule has 35 heavy (non-hydrogen) atoms. The number of aromatic amines is 1. The van der Waals surface area contributed by atoms with Crippen molar-refractivity contribution < 1.29 is 18.7 Å². The lowest BCUT2D eigenvalue weighted by molar-refractivity contribution is 0.0947. The Morgan fingerprint density at radius 1 is 1.20 bits per heavy atom. The normalized spacial score (nSPS) is 12.6. The SMILES string of the molecule is COc1c(Cl)cccc1Nc1c(-c2ccncc2OCc2ccc(F)cn2)[nH]c2c1C(=O)NCC2. The number of amides is 1. The van der Waals surface area contributed by atoms with E-state index in [0.29, 0.717) is 63.4 Å². The predicted octanol–water partition coefficient (Wildman–Crippen LogP) is 4.88. The minimum Gasteiger partial charge on any atom is -0.493 e. The Morgan fingerprint density at radius 3 is 2.89 bits per heavy atom. The molecule has 8 nitrogen and oxygen atoms in total. The molecule has 0 aliphatic carbocycles. The van der Waals surface area contributed by atoms with E-state index in [1.807, 2.05) is 6.07 Å². The van der Waals surface area contributed by atoms with Crippen molar-refractivity contribution >= 4 is 28.9 Å². The molecular formula is C25H21ClFN5O3. The quantitative estimate of drug-likeness (QED) is 0.339. The van der Waals surface area contributed by atoms with E-state index in [2.05, 4.69) is 25.6 Å². The Hall–Kier alpha value is -4.11. The molecule has 3 N–H and O–H groups in total. The Bertz CT molecular complexity index is 1390. The minimum atomic E-state index is -0.418. The average molecular weight is 494 g/mol. The topological polar surface area (TPSA) is 101 Å². The molecule has 0 spiro atoms. The van der Waals surface area contributed by atoms with Crippen molar-refractivity contribution in [1.82, 2.24) is 20.3 Å². The van der Waals surface area contributed by atoms with Crippen LogP contribution in [0.25, 0.3) is 11.3 Å². The number of nitrogens with zero attached hydrogens (tertiary/aromatic N) is 2. The molecule has 4 aromatic rings. The van der Waals surface area contributed by atoms with Crippen LogP contribution in [0.5, 0.6) is 11.5 Å². The summed E-state index contributed by atoms with van der Waals surface area (Å²) in [6, 6.07) is 10.0. The van der Waals surface area contributed by atoms with Crippen molar-refractivity contribution in [3.05, 3.63) is 82.8 Å². The number of carbonyl (C=O) groups is 1. The zero-order chi connectivity index (χ0) is 24.4. The van der Waals surface area contributed by atoms with E-state index in [1.54, 1.807) is 36.7 Å². The molecule has 0 saturated heterocycles. The van der Waals surface area contributed by atoms with Gasteiger partial charge in [0.15, 0.2) is 5.75 Å². The number of benzene rings is 1. The van der Waals surface area contributed by atoms with Crippen LogP contribution in [0, 0.1) is 5.82 Å². The first kappa shape index (κ1) is 22.7. The van der Waals surface area contributed by atoms with Gasteiger partial charge >= 0.3 is 0 Å². The van der Waals surface area contributed by atoms with Gasteiger partial charge in [-0.05, 0) is 30.3 Å². The number of fused-ring (bicyclic) bond motifs is 1. The van der Waals surface area contributed by atoms with Crippen molar-refractivity contribution in [2.45, 2.75) is 13.0 Å². The van der Waals surface area contributed by atoms with Crippen molar-refractivity contribution in [2.75, 3.05) is 19.0 Å². The van der Waals surface area contributed by atoms with Gasteiger partial charge in [-0.25, -0.2) is 4.39 Å². The lowest BCUT2D eigenvalue weighted by atomic mass is 10.0. The van der Waals surface area contributed by atoms with Crippen LogP contribution in [-0.4, -0.2) is 34.5 Å². The van der Waals surface area contributed by atoms with Crippen LogP contribution in [0.1, 0.15) is 21.7 Å². The molecular weight excluding hydrogens is 473 g/mol. The van der Waals surface area contributed by atoms with E-state index in [4.69, 9.17) is 21.1 Å². The predicted molar refractivity (Wildman–Crippen MR) is 130 cm³/mol. The van der Waals surface area contributed by atoms with Gasteiger partial charge in [0.2, 0.25) is 0 Å². The third kappa shape index (κ3) is 4.50. The second kappa shape index (κ2) is 9.63. The summed E-state index contributed by atoms with van der Waals surface area (Å²) in [5, 5.41) is 6.68. The van der Waals surface area contributed by atoms with Crippen molar-refractivity contribution in [3.63, 3.8) is 0 Å². The maximum absolute atomic E-state index is 13.2. The number of para-hydroxylation sites is 1. The first-order valence-electron chi connectivity index (χ1n) is 10.9. The number of rotatable bonds is 7. The molecule has 0 saturated carbocycles. The van der Waals surface area contributed by atoms with Crippen LogP contribution in [-0.2, 0) is 13.0 Å². The molecule has 0 atom stereocenters. The van der Waals surface area contributed by atoms with Crippen LogP contribution in [0.2, 0.25) is 5.02 Å². The minimum absolute atomic E-state index is 0.116. The standard InChI is InChI=1S/C25H21ClFN5O3/c1-34-24-17(26)3-2-4-19(24)32-23-21-18(8-10-29-25(21)33)31-22(23)16-7-9-28-12-20(16)35-13-15-6-5-14(27)11-30-15/h2-7,9,11-12,31-32H,8,10,13H2,1H3,(H,29,33). The molecule has 4 heterocycles.